The topological polar surface area (TPSA) is 59.1 Å². The van der Waals surface area contributed by atoms with Crippen molar-refractivity contribution in [1.29, 1.82) is 0 Å². The van der Waals surface area contributed by atoms with Crippen LogP contribution in [0.15, 0.2) is 54.3 Å². The summed E-state index contributed by atoms with van der Waals surface area (Å²) in [7, 11) is 0. The first kappa shape index (κ1) is 19.2. The number of allylic oxidation sites excluding steroid dienone is 2. The van der Waals surface area contributed by atoms with Crippen LogP contribution in [0.1, 0.15) is 12.5 Å². The second-order valence-corrected chi connectivity index (χ2v) is 6.59. The number of nitrogens with zero attached hydrogens (tertiary/aromatic N) is 2. The molecule has 0 radical (unpaired) electrons. The Bertz CT molecular complexity index is 708. The molecule has 0 N–H and O–H groups in total. The lowest BCUT2D eigenvalue weighted by atomic mass is 10.0. The van der Waals surface area contributed by atoms with Gasteiger partial charge in [0, 0.05) is 19.3 Å². The van der Waals surface area contributed by atoms with Gasteiger partial charge in [-0.25, -0.2) is 4.79 Å². The van der Waals surface area contributed by atoms with E-state index < -0.39 is 6.04 Å². The van der Waals surface area contributed by atoms with Gasteiger partial charge in [0.05, 0.1) is 26.4 Å². The van der Waals surface area contributed by atoms with Gasteiger partial charge in [-0.15, -0.1) is 0 Å². The van der Waals surface area contributed by atoms with Gasteiger partial charge in [-0.05, 0) is 24.5 Å². The summed E-state index contributed by atoms with van der Waals surface area (Å²) in [6, 6.07) is 9.55. The van der Waals surface area contributed by atoms with Crippen molar-refractivity contribution in [1.82, 2.24) is 9.80 Å². The monoisotopic (exact) mass is 370 g/mol. The minimum atomic E-state index is -0.575. The molecule has 2 heterocycles. The lowest BCUT2D eigenvalue weighted by Gasteiger charge is -2.33. The SMILES string of the molecule is CCOC(=O)C1C=CC(Cc2ccccc2)=CN1CC(=O)N1CCOCC1. The number of morpholine rings is 1. The average molecular weight is 370 g/mol. The third-order valence-electron chi connectivity index (χ3n) is 4.64. The highest BCUT2D eigenvalue weighted by molar-refractivity contribution is 5.82. The number of benzene rings is 1. The first-order valence-corrected chi connectivity index (χ1v) is 9.38. The van der Waals surface area contributed by atoms with Crippen LogP contribution >= 0.6 is 0 Å². The smallest absolute Gasteiger partial charge is 0.332 e. The molecule has 0 aromatic heterocycles. The summed E-state index contributed by atoms with van der Waals surface area (Å²) in [6.07, 6.45) is 6.43. The average Bonchev–Trinajstić information content (AvgIpc) is 2.70. The Morgan fingerprint density at radius 3 is 2.63 bits per heavy atom. The Morgan fingerprint density at radius 2 is 1.93 bits per heavy atom. The summed E-state index contributed by atoms with van der Waals surface area (Å²) in [5.74, 6) is -0.336. The summed E-state index contributed by atoms with van der Waals surface area (Å²) in [4.78, 5) is 28.6. The molecule has 6 nitrogen and oxygen atoms in total. The van der Waals surface area contributed by atoms with Crippen molar-refractivity contribution in [2.75, 3.05) is 39.5 Å². The number of hydrogen-bond donors (Lipinski definition) is 0. The van der Waals surface area contributed by atoms with Crippen molar-refractivity contribution in [3.63, 3.8) is 0 Å². The number of rotatable bonds is 6. The van der Waals surface area contributed by atoms with E-state index in [2.05, 4.69) is 12.1 Å². The van der Waals surface area contributed by atoms with Crippen molar-refractivity contribution >= 4 is 11.9 Å². The van der Waals surface area contributed by atoms with Crippen molar-refractivity contribution in [2.45, 2.75) is 19.4 Å². The van der Waals surface area contributed by atoms with Crippen molar-refractivity contribution in [2.24, 2.45) is 0 Å². The van der Waals surface area contributed by atoms with Crippen LogP contribution in [0.4, 0.5) is 0 Å². The van der Waals surface area contributed by atoms with E-state index in [0.29, 0.717) is 32.9 Å². The molecule has 1 fully saturated rings. The Hall–Kier alpha value is -2.60. The number of hydrogen-bond acceptors (Lipinski definition) is 5. The van der Waals surface area contributed by atoms with Gasteiger partial charge >= 0.3 is 5.97 Å². The van der Waals surface area contributed by atoms with Gasteiger partial charge in [0.2, 0.25) is 5.91 Å². The highest BCUT2D eigenvalue weighted by atomic mass is 16.5. The van der Waals surface area contributed by atoms with Gasteiger partial charge < -0.3 is 19.3 Å². The molecule has 0 spiro atoms. The molecule has 6 heteroatoms. The molecule has 0 aliphatic carbocycles. The molecule has 0 saturated carbocycles. The summed E-state index contributed by atoms with van der Waals surface area (Å²) >= 11 is 0. The zero-order valence-corrected chi connectivity index (χ0v) is 15.7. The van der Waals surface area contributed by atoms with Crippen LogP contribution in [0.25, 0.3) is 0 Å². The number of esters is 1. The summed E-state index contributed by atoms with van der Waals surface area (Å²) in [5, 5.41) is 0. The van der Waals surface area contributed by atoms with E-state index in [0.717, 1.165) is 12.0 Å². The number of carbonyl (C=O) groups excluding carboxylic acids is 2. The fraction of sp³-hybridized carbons (Fsp3) is 0.429. The molecule has 2 aliphatic heterocycles. The van der Waals surface area contributed by atoms with Crippen LogP contribution in [0, 0.1) is 0 Å². The van der Waals surface area contributed by atoms with E-state index in [4.69, 9.17) is 9.47 Å². The lowest BCUT2D eigenvalue weighted by molar-refractivity contribution is -0.147. The third kappa shape index (κ3) is 5.20. The Morgan fingerprint density at radius 1 is 1.19 bits per heavy atom. The first-order chi connectivity index (χ1) is 13.2. The molecular weight excluding hydrogens is 344 g/mol. The van der Waals surface area contributed by atoms with Crippen molar-refractivity contribution in [3.05, 3.63) is 59.8 Å². The molecule has 2 aliphatic rings. The quantitative estimate of drug-likeness (QED) is 0.715. The highest BCUT2D eigenvalue weighted by Gasteiger charge is 2.29. The van der Waals surface area contributed by atoms with Crippen LogP contribution in [0.2, 0.25) is 0 Å². The van der Waals surface area contributed by atoms with Crippen LogP contribution < -0.4 is 0 Å². The largest absolute Gasteiger partial charge is 0.464 e. The normalized spacial score (nSPS) is 19.6. The molecule has 27 heavy (non-hydrogen) atoms. The molecular formula is C21H26N2O4. The zero-order valence-electron chi connectivity index (χ0n) is 15.7. The van der Waals surface area contributed by atoms with Gasteiger partial charge in [-0.3, -0.25) is 4.79 Å². The highest BCUT2D eigenvalue weighted by Crippen LogP contribution is 2.19. The second-order valence-electron chi connectivity index (χ2n) is 6.59. The van der Waals surface area contributed by atoms with Crippen LogP contribution in [-0.2, 0) is 25.5 Å². The standard InChI is InChI=1S/C21H26N2O4/c1-2-27-21(25)19-9-8-18(14-17-6-4-3-5-7-17)15-23(19)16-20(24)22-10-12-26-13-11-22/h3-9,15,19H,2,10-14,16H2,1H3. The van der Waals surface area contributed by atoms with E-state index in [1.165, 1.54) is 5.56 Å². The molecule has 0 bridgehead atoms. The maximum absolute atomic E-state index is 12.7. The molecule has 1 atom stereocenters. The fourth-order valence-corrected chi connectivity index (χ4v) is 3.25. The Balaban J connectivity index is 1.73. The lowest BCUT2D eigenvalue weighted by Crippen LogP contribution is -2.48. The van der Waals surface area contributed by atoms with Gasteiger partial charge in [-0.1, -0.05) is 42.5 Å². The molecule has 1 amide bonds. The van der Waals surface area contributed by atoms with Crippen LogP contribution in [-0.4, -0.2) is 67.2 Å². The molecule has 1 saturated heterocycles. The van der Waals surface area contributed by atoms with Gasteiger partial charge in [0.15, 0.2) is 0 Å². The minimum Gasteiger partial charge on any atom is -0.464 e. The maximum Gasteiger partial charge on any atom is 0.332 e. The zero-order chi connectivity index (χ0) is 19.1. The van der Waals surface area contributed by atoms with E-state index >= 15 is 0 Å². The summed E-state index contributed by atoms with van der Waals surface area (Å²) < 4.78 is 10.5. The van der Waals surface area contributed by atoms with Crippen LogP contribution in [0.5, 0.6) is 0 Å². The molecule has 3 rings (SSSR count). The predicted molar refractivity (Wildman–Crippen MR) is 102 cm³/mol. The van der Waals surface area contributed by atoms with Gasteiger partial charge in [-0.2, -0.15) is 0 Å². The number of ether oxygens (including phenoxy) is 2. The number of amides is 1. The maximum atomic E-state index is 12.7. The molecule has 1 aromatic carbocycles. The van der Waals surface area contributed by atoms with Crippen molar-refractivity contribution < 1.29 is 19.1 Å². The van der Waals surface area contributed by atoms with Gasteiger partial charge in [0.25, 0.3) is 0 Å². The molecule has 1 aromatic rings. The van der Waals surface area contributed by atoms with Crippen LogP contribution in [0.3, 0.4) is 0 Å². The minimum absolute atomic E-state index is 0.00166. The molecule has 144 valence electrons. The van der Waals surface area contributed by atoms with Gasteiger partial charge in [0.1, 0.15) is 6.04 Å². The summed E-state index contributed by atoms with van der Waals surface area (Å²) in [6.45, 7) is 4.54. The molecule has 1 unspecified atom stereocenters. The van der Waals surface area contributed by atoms with E-state index in [1.54, 1.807) is 16.7 Å². The second kappa shape index (κ2) is 9.37. The number of carbonyl (C=O) groups is 2. The summed E-state index contributed by atoms with van der Waals surface area (Å²) in [5.41, 5.74) is 2.24. The van der Waals surface area contributed by atoms with Crippen molar-refractivity contribution in [3.8, 4) is 0 Å². The first-order valence-electron chi connectivity index (χ1n) is 9.38. The Labute approximate surface area is 160 Å². The third-order valence-corrected chi connectivity index (χ3v) is 4.64. The Kier molecular flexibility index (Phi) is 6.65. The fourth-order valence-electron chi connectivity index (χ4n) is 3.25. The van der Waals surface area contributed by atoms with E-state index in [9.17, 15) is 9.59 Å². The predicted octanol–water partition coefficient (Wildman–Crippen LogP) is 1.78. The van der Waals surface area contributed by atoms with E-state index in [1.807, 2.05) is 36.6 Å². The van der Waals surface area contributed by atoms with E-state index in [-0.39, 0.29) is 18.4 Å².